The number of aromatic nitrogens is 1. The second-order valence-corrected chi connectivity index (χ2v) is 3.72. The van der Waals surface area contributed by atoms with Crippen LogP contribution in [0.5, 0.6) is 0 Å². The number of nitrogens with zero attached hydrogens (tertiary/aromatic N) is 1. The summed E-state index contributed by atoms with van der Waals surface area (Å²) >= 11 is 11.1. The summed E-state index contributed by atoms with van der Waals surface area (Å²) in [6, 6.07) is 0.958. The van der Waals surface area contributed by atoms with E-state index in [4.69, 9.17) is 23.2 Å². The third-order valence-corrected chi connectivity index (χ3v) is 2.30. The molecule has 1 aromatic rings. The highest BCUT2D eigenvalue weighted by atomic mass is 35.5. The molecule has 0 spiro atoms. The molecule has 1 heterocycles. The molecule has 0 fully saturated rings. The molecule has 0 aromatic carbocycles. The summed E-state index contributed by atoms with van der Waals surface area (Å²) in [7, 11) is 0. The van der Waals surface area contributed by atoms with Crippen LogP contribution in [0.15, 0.2) is 18.3 Å². The monoisotopic (exact) mass is 269 g/mol. The second-order valence-electron chi connectivity index (χ2n) is 2.98. The normalized spacial score (nSPS) is 12.3. The molecule has 0 bridgehead atoms. The summed E-state index contributed by atoms with van der Waals surface area (Å²) in [5.41, 5.74) is -0.580. The van der Waals surface area contributed by atoms with Crippen molar-refractivity contribution < 1.29 is 13.2 Å². The van der Waals surface area contributed by atoms with Crippen LogP contribution < -0.4 is 0 Å². The van der Waals surface area contributed by atoms with E-state index in [0.29, 0.717) is 18.5 Å². The van der Waals surface area contributed by atoms with Gasteiger partial charge >= 0.3 is 6.18 Å². The van der Waals surface area contributed by atoms with Gasteiger partial charge in [-0.05, 0) is 12.5 Å². The Bertz CT molecular complexity index is 388. The first kappa shape index (κ1) is 13.3. The van der Waals surface area contributed by atoms with E-state index in [9.17, 15) is 13.2 Å². The highest BCUT2D eigenvalue weighted by molar-refractivity contribution is 6.30. The zero-order valence-electron chi connectivity index (χ0n) is 8.06. The van der Waals surface area contributed by atoms with E-state index in [1.165, 1.54) is 6.08 Å². The van der Waals surface area contributed by atoms with Gasteiger partial charge in [-0.25, -0.2) is 4.98 Å². The van der Waals surface area contributed by atoms with Gasteiger partial charge in [-0.3, -0.25) is 0 Å². The number of hydrogen-bond donors (Lipinski definition) is 0. The van der Waals surface area contributed by atoms with Gasteiger partial charge in [0.2, 0.25) is 0 Å². The summed E-state index contributed by atoms with van der Waals surface area (Å²) in [6.45, 7) is 0. The van der Waals surface area contributed by atoms with Gasteiger partial charge in [0, 0.05) is 17.6 Å². The molecular weight excluding hydrogens is 262 g/mol. The minimum Gasteiger partial charge on any atom is -0.243 e. The second kappa shape index (κ2) is 5.55. The van der Waals surface area contributed by atoms with Crippen molar-refractivity contribution in [2.24, 2.45) is 0 Å². The first-order valence-corrected chi connectivity index (χ1v) is 5.31. The fourth-order valence-electron chi connectivity index (χ4n) is 1.01. The van der Waals surface area contributed by atoms with Crippen LogP contribution >= 0.6 is 23.2 Å². The fraction of sp³-hybridized carbons (Fsp3) is 0.300. The maximum Gasteiger partial charge on any atom is 0.417 e. The molecule has 1 nitrogen and oxygen atoms in total. The van der Waals surface area contributed by atoms with Gasteiger partial charge in [0.25, 0.3) is 0 Å². The van der Waals surface area contributed by atoms with E-state index in [0.717, 1.165) is 6.07 Å². The van der Waals surface area contributed by atoms with Gasteiger partial charge in [0.1, 0.15) is 5.15 Å². The van der Waals surface area contributed by atoms with Crippen molar-refractivity contribution in [2.45, 2.75) is 12.6 Å². The lowest BCUT2D eigenvalue weighted by atomic mass is 10.2. The smallest absolute Gasteiger partial charge is 0.243 e. The lowest BCUT2D eigenvalue weighted by Gasteiger charge is -2.07. The van der Waals surface area contributed by atoms with Crippen molar-refractivity contribution in [1.29, 1.82) is 0 Å². The first-order chi connectivity index (χ1) is 7.45. The van der Waals surface area contributed by atoms with Crippen molar-refractivity contribution in [3.05, 3.63) is 34.6 Å². The third kappa shape index (κ3) is 3.68. The van der Waals surface area contributed by atoms with E-state index < -0.39 is 11.7 Å². The lowest BCUT2D eigenvalue weighted by molar-refractivity contribution is -0.137. The van der Waals surface area contributed by atoms with E-state index in [-0.39, 0.29) is 10.7 Å². The molecule has 6 heteroatoms. The Kier molecular flexibility index (Phi) is 4.62. The molecule has 0 saturated heterocycles. The summed E-state index contributed by atoms with van der Waals surface area (Å²) in [5.74, 6) is 0.403. The quantitative estimate of drug-likeness (QED) is 0.586. The Labute approximate surface area is 101 Å². The van der Waals surface area contributed by atoms with Crippen molar-refractivity contribution >= 4 is 29.3 Å². The summed E-state index contributed by atoms with van der Waals surface area (Å²) < 4.78 is 37.1. The Morgan fingerprint density at radius 1 is 1.38 bits per heavy atom. The molecule has 0 saturated carbocycles. The van der Waals surface area contributed by atoms with Gasteiger partial charge in [-0.15, -0.1) is 11.6 Å². The Hall–Kier alpha value is -0.740. The molecule has 16 heavy (non-hydrogen) atoms. The van der Waals surface area contributed by atoms with Crippen LogP contribution in [0.25, 0.3) is 6.08 Å². The van der Waals surface area contributed by atoms with E-state index in [1.807, 2.05) is 0 Å². The van der Waals surface area contributed by atoms with Gasteiger partial charge in [0.05, 0.1) is 5.56 Å². The standard InChI is InChI=1S/C10H8Cl2F3N/c11-4-2-1-3-7-5-8(10(13,14)15)6-16-9(7)12/h1,3,5-6H,2,4H2. The van der Waals surface area contributed by atoms with Crippen molar-refractivity contribution in [3.63, 3.8) is 0 Å². The number of halogens is 5. The number of pyridine rings is 1. The van der Waals surface area contributed by atoms with Gasteiger partial charge in [0.15, 0.2) is 0 Å². The minimum atomic E-state index is -4.41. The Morgan fingerprint density at radius 2 is 2.06 bits per heavy atom. The summed E-state index contributed by atoms with van der Waals surface area (Å²) in [5, 5.41) is 0.0406. The molecule has 0 aliphatic carbocycles. The third-order valence-electron chi connectivity index (χ3n) is 1.77. The molecule has 1 rings (SSSR count). The van der Waals surface area contributed by atoms with Gasteiger partial charge in [-0.2, -0.15) is 13.2 Å². The summed E-state index contributed by atoms with van der Waals surface area (Å²) in [4.78, 5) is 3.49. The summed E-state index contributed by atoms with van der Waals surface area (Å²) in [6.07, 6.45) is -0.00891. The van der Waals surface area contributed by atoms with E-state index in [1.54, 1.807) is 6.08 Å². The molecule has 1 aromatic heterocycles. The molecule has 88 valence electrons. The lowest BCUT2D eigenvalue weighted by Crippen LogP contribution is -2.05. The molecule has 0 aliphatic heterocycles. The topological polar surface area (TPSA) is 12.9 Å². The van der Waals surface area contributed by atoms with Crippen LogP contribution in [-0.2, 0) is 6.18 Å². The van der Waals surface area contributed by atoms with Crippen molar-refractivity contribution in [3.8, 4) is 0 Å². The molecular formula is C10H8Cl2F3N. The largest absolute Gasteiger partial charge is 0.417 e. The van der Waals surface area contributed by atoms with Crippen molar-refractivity contribution in [1.82, 2.24) is 4.98 Å². The Morgan fingerprint density at radius 3 is 2.62 bits per heavy atom. The average Bonchev–Trinajstić information content (AvgIpc) is 2.19. The zero-order valence-corrected chi connectivity index (χ0v) is 9.57. The number of allylic oxidation sites excluding steroid dienone is 1. The minimum absolute atomic E-state index is 0.0406. The SMILES string of the molecule is FC(F)(F)c1cnc(Cl)c(C=CCCCl)c1. The predicted molar refractivity (Wildman–Crippen MR) is 58.6 cm³/mol. The predicted octanol–water partition coefficient (Wildman–Crippen LogP) is 4.40. The molecule has 0 radical (unpaired) electrons. The maximum absolute atomic E-state index is 12.4. The van der Waals surface area contributed by atoms with Crippen molar-refractivity contribution in [2.75, 3.05) is 5.88 Å². The van der Waals surface area contributed by atoms with E-state index >= 15 is 0 Å². The van der Waals surface area contributed by atoms with Crippen LogP contribution in [0.2, 0.25) is 5.15 Å². The number of hydrogen-bond acceptors (Lipinski definition) is 1. The molecule has 0 amide bonds. The Balaban J connectivity index is 3.00. The van der Waals surface area contributed by atoms with Crippen LogP contribution in [0, 0.1) is 0 Å². The molecule has 0 atom stereocenters. The fourth-order valence-corrected chi connectivity index (χ4v) is 1.30. The van der Waals surface area contributed by atoms with Crippen LogP contribution in [0.1, 0.15) is 17.5 Å². The number of alkyl halides is 4. The zero-order chi connectivity index (χ0) is 12.2. The van der Waals surface area contributed by atoms with Gasteiger partial charge < -0.3 is 0 Å². The maximum atomic E-state index is 12.4. The van der Waals surface area contributed by atoms with Crippen LogP contribution in [0.3, 0.4) is 0 Å². The van der Waals surface area contributed by atoms with Gasteiger partial charge in [-0.1, -0.05) is 23.8 Å². The molecule has 0 unspecified atom stereocenters. The molecule has 0 N–H and O–H groups in total. The van der Waals surface area contributed by atoms with E-state index in [2.05, 4.69) is 4.98 Å². The number of rotatable bonds is 3. The highest BCUT2D eigenvalue weighted by Crippen LogP contribution is 2.30. The van der Waals surface area contributed by atoms with Crippen LogP contribution in [-0.4, -0.2) is 10.9 Å². The average molecular weight is 270 g/mol. The van der Waals surface area contributed by atoms with Crippen LogP contribution in [0.4, 0.5) is 13.2 Å². The highest BCUT2D eigenvalue weighted by Gasteiger charge is 2.31. The molecule has 0 aliphatic rings. The first-order valence-electron chi connectivity index (χ1n) is 4.40.